The molecule has 0 unspecified atom stereocenters. The predicted molar refractivity (Wildman–Crippen MR) is 89.4 cm³/mol. The minimum atomic E-state index is -0.191. The van der Waals surface area contributed by atoms with Gasteiger partial charge in [0.25, 0.3) is 5.91 Å². The number of nitrogens with one attached hydrogen (secondary N) is 1. The average Bonchev–Trinajstić information content (AvgIpc) is 2.78. The van der Waals surface area contributed by atoms with Gasteiger partial charge < -0.3 is 10.6 Å². The molecule has 1 amide bonds. The molecule has 1 aromatic heterocycles. The molecule has 1 heterocycles. The molecule has 3 N–H and O–H groups in total. The van der Waals surface area contributed by atoms with E-state index in [2.05, 4.69) is 10.3 Å². The van der Waals surface area contributed by atoms with Crippen LogP contribution in [-0.4, -0.2) is 25.0 Å². The normalized spacial score (nSPS) is 10.5. The lowest BCUT2D eigenvalue weighted by atomic mass is 10.1. The third-order valence-corrected chi connectivity index (χ3v) is 4.15. The summed E-state index contributed by atoms with van der Waals surface area (Å²) in [5, 5.41) is 3.46. The van der Waals surface area contributed by atoms with Crippen LogP contribution in [0.3, 0.4) is 0 Å². The topological polar surface area (TPSA) is 71.2 Å². The van der Waals surface area contributed by atoms with Crippen molar-refractivity contribution in [2.24, 2.45) is 0 Å². The first-order valence-corrected chi connectivity index (χ1v) is 7.58. The zero-order valence-electron chi connectivity index (χ0n) is 12.7. The molecule has 0 bridgehead atoms. The highest BCUT2D eigenvalue weighted by Crippen LogP contribution is 2.25. The summed E-state index contributed by atoms with van der Waals surface area (Å²) in [6.45, 7) is 4.06. The lowest BCUT2D eigenvalue weighted by molar-refractivity contribution is 0.102. The van der Waals surface area contributed by atoms with Crippen molar-refractivity contribution in [1.29, 1.82) is 0 Å². The number of aryl methyl sites for hydroxylation is 2. The van der Waals surface area contributed by atoms with Crippen LogP contribution in [0.1, 0.15) is 27.9 Å². The van der Waals surface area contributed by atoms with E-state index in [0.29, 0.717) is 16.4 Å². The summed E-state index contributed by atoms with van der Waals surface area (Å²) >= 11 is 1.49. The summed E-state index contributed by atoms with van der Waals surface area (Å²) in [5.74, 6) is -0.191. The van der Waals surface area contributed by atoms with Crippen molar-refractivity contribution < 1.29 is 4.79 Å². The smallest absolute Gasteiger partial charge is 0.257 e. The third kappa shape index (κ3) is 3.33. The molecular weight excluding hydrogens is 284 g/mol. The molecule has 6 heteroatoms. The van der Waals surface area contributed by atoms with Crippen LogP contribution < -0.4 is 16.0 Å². The van der Waals surface area contributed by atoms with Crippen LogP contribution in [0, 0.1) is 6.92 Å². The van der Waals surface area contributed by atoms with E-state index < -0.39 is 0 Å². The molecule has 112 valence electrons. The Morgan fingerprint density at radius 3 is 2.67 bits per heavy atom. The Hall–Kier alpha value is -2.08. The fourth-order valence-corrected chi connectivity index (χ4v) is 2.98. The Balaban J connectivity index is 2.18. The maximum Gasteiger partial charge on any atom is 0.257 e. The second-order valence-electron chi connectivity index (χ2n) is 5.00. The van der Waals surface area contributed by atoms with Crippen molar-refractivity contribution in [3.8, 4) is 0 Å². The van der Waals surface area contributed by atoms with Crippen molar-refractivity contribution >= 4 is 33.8 Å². The number of amides is 1. The highest BCUT2D eigenvalue weighted by atomic mass is 32.1. The summed E-state index contributed by atoms with van der Waals surface area (Å²) in [5.41, 5.74) is 9.00. The van der Waals surface area contributed by atoms with Gasteiger partial charge in [-0.1, -0.05) is 6.92 Å². The molecule has 0 saturated carbocycles. The number of benzene rings is 1. The van der Waals surface area contributed by atoms with Gasteiger partial charge >= 0.3 is 0 Å². The number of rotatable bonds is 4. The van der Waals surface area contributed by atoms with Crippen molar-refractivity contribution in [2.45, 2.75) is 20.3 Å². The molecule has 0 spiro atoms. The van der Waals surface area contributed by atoms with Crippen LogP contribution >= 0.6 is 11.3 Å². The highest BCUT2D eigenvalue weighted by Gasteiger charge is 2.12. The van der Waals surface area contributed by atoms with Gasteiger partial charge in [0.1, 0.15) is 0 Å². The van der Waals surface area contributed by atoms with E-state index in [1.165, 1.54) is 11.3 Å². The molecule has 2 aromatic rings. The molecule has 0 atom stereocenters. The second kappa shape index (κ2) is 6.13. The molecule has 0 aliphatic carbocycles. The largest absolute Gasteiger partial charge is 0.397 e. The fraction of sp³-hybridized carbons (Fsp3) is 0.333. The zero-order chi connectivity index (χ0) is 15.6. The maximum atomic E-state index is 12.2. The average molecular weight is 304 g/mol. The number of anilines is 3. The molecule has 21 heavy (non-hydrogen) atoms. The van der Waals surface area contributed by atoms with Crippen LogP contribution in [0.5, 0.6) is 0 Å². The monoisotopic (exact) mass is 304 g/mol. The number of hydrogen-bond donors (Lipinski definition) is 2. The maximum absolute atomic E-state index is 12.2. The number of hydrogen-bond acceptors (Lipinski definition) is 5. The first-order chi connectivity index (χ1) is 9.92. The zero-order valence-corrected chi connectivity index (χ0v) is 13.5. The number of carbonyl (C=O) groups excluding carboxylic acids is 1. The molecular formula is C15H20N4OS. The standard InChI is InChI=1S/C15H20N4OS/c1-5-12-9(2)21-15(17-12)18-14(20)10-6-7-13(19(3)4)11(16)8-10/h6-8H,5,16H2,1-4H3,(H,17,18,20). The SMILES string of the molecule is CCc1nc(NC(=O)c2ccc(N(C)C)c(N)c2)sc1C. The molecule has 0 radical (unpaired) electrons. The van der Waals surface area contributed by atoms with Gasteiger partial charge in [0.15, 0.2) is 5.13 Å². The van der Waals surface area contributed by atoms with Crippen molar-refractivity contribution in [2.75, 3.05) is 30.0 Å². The van der Waals surface area contributed by atoms with Gasteiger partial charge in [0, 0.05) is 24.5 Å². The van der Waals surface area contributed by atoms with Crippen molar-refractivity contribution in [3.63, 3.8) is 0 Å². The van der Waals surface area contributed by atoms with Gasteiger partial charge in [-0.3, -0.25) is 10.1 Å². The Morgan fingerprint density at radius 2 is 2.14 bits per heavy atom. The quantitative estimate of drug-likeness (QED) is 0.852. The first kappa shape index (κ1) is 15.3. The van der Waals surface area contributed by atoms with E-state index >= 15 is 0 Å². The molecule has 2 rings (SSSR count). The van der Waals surface area contributed by atoms with E-state index in [9.17, 15) is 4.79 Å². The first-order valence-electron chi connectivity index (χ1n) is 6.76. The van der Waals surface area contributed by atoms with Crippen molar-refractivity contribution in [3.05, 3.63) is 34.3 Å². The lowest BCUT2D eigenvalue weighted by Gasteiger charge is -2.15. The summed E-state index contributed by atoms with van der Waals surface area (Å²) < 4.78 is 0. The van der Waals surface area contributed by atoms with E-state index in [4.69, 9.17) is 5.73 Å². The third-order valence-electron chi connectivity index (χ3n) is 3.22. The van der Waals surface area contributed by atoms with E-state index in [1.54, 1.807) is 12.1 Å². The molecule has 0 fully saturated rings. The summed E-state index contributed by atoms with van der Waals surface area (Å²) in [7, 11) is 3.83. The minimum Gasteiger partial charge on any atom is -0.397 e. The molecule has 5 nitrogen and oxygen atoms in total. The van der Waals surface area contributed by atoms with Crippen LogP contribution in [-0.2, 0) is 6.42 Å². The highest BCUT2D eigenvalue weighted by molar-refractivity contribution is 7.15. The van der Waals surface area contributed by atoms with Gasteiger partial charge in [-0.25, -0.2) is 4.98 Å². The Bertz CT molecular complexity index is 664. The molecule has 0 aliphatic rings. The molecule has 0 saturated heterocycles. The van der Waals surface area contributed by atoms with Crippen LogP contribution in [0.2, 0.25) is 0 Å². The molecule has 0 aliphatic heterocycles. The minimum absolute atomic E-state index is 0.191. The van der Waals surface area contributed by atoms with E-state index in [-0.39, 0.29) is 5.91 Å². The summed E-state index contributed by atoms with van der Waals surface area (Å²) in [4.78, 5) is 19.7. The van der Waals surface area contributed by atoms with E-state index in [0.717, 1.165) is 22.7 Å². The number of aromatic nitrogens is 1. The number of thiazole rings is 1. The van der Waals surface area contributed by atoms with Crippen LogP contribution in [0.4, 0.5) is 16.5 Å². The Labute approximate surface area is 128 Å². The number of nitrogens with zero attached hydrogens (tertiary/aromatic N) is 2. The van der Waals surface area contributed by atoms with Gasteiger partial charge in [-0.2, -0.15) is 0 Å². The number of nitrogen functional groups attached to an aromatic ring is 1. The second-order valence-corrected chi connectivity index (χ2v) is 6.20. The number of carbonyl (C=O) groups is 1. The summed E-state index contributed by atoms with van der Waals surface area (Å²) in [6, 6.07) is 5.29. The van der Waals surface area contributed by atoms with E-state index in [1.807, 2.05) is 38.9 Å². The Kier molecular flexibility index (Phi) is 4.47. The Morgan fingerprint density at radius 1 is 1.43 bits per heavy atom. The van der Waals surface area contributed by atoms with Gasteiger partial charge in [0.05, 0.1) is 17.1 Å². The van der Waals surface area contributed by atoms with Gasteiger partial charge in [0.2, 0.25) is 0 Å². The fourth-order valence-electron chi connectivity index (χ4n) is 2.08. The molecule has 1 aromatic carbocycles. The summed E-state index contributed by atoms with van der Waals surface area (Å²) in [6.07, 6.45) is 0.864. The van der Waals surface area contributed by atoms with Crippen LogP contribution in [0.25, 0.3) is 0 Å². The van der Waals surface area contributed by atoms with Gasteiger partial charge in [-0.15, -0.1) is 11.3 Å². The number of nitrogens with two attached hydrogens (primary N) is 1. The van der Waals surface area contributed by atoms with Crippen LogP contribution in [0.15, 0.2) is 18.2 Å². The lowest BCUT2D eigenvalue weighted by Crippen LogP contribution is -2.15. The predicted octanol–water partition coefficient (Wildman–Crippen LogP) is 2.91. The van der Waals surface area contributed by atoms with Crippen molar-refractivity contribution in [1.82, 2.24) is 4.98 Å². The van der Waals surface area contributed by atoms with Gasteiger partial charge in [-0.05, 0) is 31.5 Å².